The van der Waals surface area contributed by atoms with Gasteiger partial charge in [-0.2, -0.15) is 0 Å². The van der Waals surface area contributed by atoms with Crippen molar-refractivity contribution in [3.8, 4) is 5.75 Å². The highest BCUT2D eigenvalue weighted by Gasteiger charge is 2.19. The van der Waals surface area contributed by atoms with Gasteiger partial charge < -0.3 is 19.7 Å². The number of rotatable bonds is 9. The molecule has 0 bridgehead atoms. The number of hydrogen-bond acceptors (Lipinski definition) is 6. The standard InChI is InChI=1S/C27H31FN4O4/c1-18-23(26(34)31-27(29-18)32-13-15-36-16-14-32)11-12-25(33)30-24(17-19-3-7-21(28)8-4-19)20-5-9-22(35-2)10-6-20/h3-10,24H,11-17H2,1-2H3,(H,30,33)(H,29,31,34). The number of halogens is 1. The van der Waals surface area contributed by atoms with Crippen LogP contribution in [0.4, 0.5) is 10.3 Å². The highest BCUT2D eigenvalue weighted by Crippen LogP contribution is 2.22. The lowest BCUT2D eigenvalue weighted by atomic mass is 9.98. The molecule has 9 heteroatoms. The van der Waals surface area contributed by atoms with Crippen LogP contribution >= 0.6 is 0 Å². The van der Waals surface area contributed by atoms with E-state index in [4.69, 9.17) is 9.47 Å². The van der Waals surface area contributed by atoms with E-state index in [0.29, 0.717) is 55.7 Å². The molecule has 8 nitrogen and oxygen atoms in total. The Balaban J connectivity index is 1.44. The highest BCUT2D eigenvalue weighted by molar-refractivity contribution is 5.76. The fourth-order valence-corrected chi connectivity index (χ4v) is 4.26. The number of methoxy groups -OCH3 is 1. The summed E-state index contributed by atoms with van der Waals surface area (Å²) >= 11 is 0. The van der Waals surface area contributed by atoms with Gasteiger partial charge in [-0.25, -0.2) is 9.37 Å². The molecule has 2 heterocycles. The van der Waals surface area contributed by atoms with Crippen molar-refractivity contribution in [1.82, 2.24) is 15.3 Å². The number of carbonyl (C=O) groups excluding carboxylic acids is 1. The minimum absolute atomic E-state index is 0.137. The third-order valence-electron chi connectivity index (χ3n) is 6.33. The Morgan fingerprint density at radius 1 is 1.17 bits per heavy atom. The zero-order chi connectivity index (χ0) is 25.5. The molecule has 1 aliphatic rings. The van der Waals surface area contributed by atoms with Crippen LogP contribution in [-0.4, -0.2) is 49.3 Å². The number of morpholine rings is 1. The van der Waals surface area contributed by atoms with Crippen molar-refractivity contribution in [3.63, 3.8) is 0 Å². The molecule has 1 aromatic heterocycles. The summed E-state index contributed by atoms with van der Waals surface area (Å²) in [5, 5.41) is 3.08. The van der Waals surface area contributed by atoms with E-state index in [1.54, 1.807) is 26.2 Å². The Bertz CT molecular complexity index is 1220. The molecule has 1 aliphatic heterocycles. The van der Waals surface area contributed by atoms with Gasteiger partial charge in [-0.15, -0.1) is 0 Å². The topological polar surface area (TPSA) is 96.5 Å². The molecule has 1 fully saturated rings. The second-order valence-corrected chi connectivity index (χ2v) is 8.78. The molecule has 2 aromatic carbocycles. The van der Waals surface area contributed by atoms with Crippen molar-refractivity contribution in [2.75, 3.05) is 38.3 Å². The van der Waals surface area contributed by atoms with Crippen LogP contribution in [0.5, 0.6) is 5.75 Å². The van der Waals surface area contributed by atoms with Gasteiger partial charge in [0.1, 0.15) is 11.6 Å². The number of nitrogens with one attached hydrogen (secondary N) is 2. The van der Waals surface area contributed by atoms with Gasteiger partial charge in [0.25, 0.3) is 5.56 Å². The fourth-order valence-electron chi connectivity index (χ4n) is 4.26. The fraction of sp³-hybridized carbons (Fsp3) is 0.370. The van der Waals surface area contributed by atoms with E-state index in [9.17, 15) is 14.0 Å². The van der Waals surface area contributed by atoms with Crippen molar-refractivity contribution in [2.24, 2.45) is 0 Å². The molecule has 0 saturated carbocycles. The first-order valence-electron chi connectivity index (χ1n) is 12.0. The molecule has 1 saturated heterocycles. The molecule has 1 atom stereocenters. The number of carbonyl (C=O) groups is 1. The predicted molar refractivity (Wildman–Crippen MR) is 135 cm³/mol. The number of nitrogens with zero attached hydrogens (tertiary/aromatic N) is 2. The molecular formula is C27H31FN4O4. The van der Waals surface area contributed by atoms with Crippen LogP contribution in [0.15, 0.2) is 53.3 Å². The normalized spacial score (nSPS) is 14.4. The van der Waals surface area contributed by atoms with E-state index in [0.717, 1.165) is 11.1 Å². The molecular weight excluding hydrogens is 463 g/mol. The molecule has 0 radical (unpaired) electrons. The Labute approximate surface area is 209 Å². The Morgan fingerprint density at radius 2 is 1.86 bits per heavy atom. The quantitative estimate of drug-likeness (QED) is 0.475. The summed E-state index contributed by atoms with van der Waals surface area (Å²) in [5.41, 5.74) is 2.69. The van der Waals surface area contributed by atoms with Gasteiger partial charge in [-0.3, -0.25) is 14.6 Å². The summed E-state index contributed by atoms with van der Waals surface area (Å²) in [6.45, 7) is 4.33. The third-order valence-corrected chi connectivity index (χ3v) is 6.33. The molecule has 0 spiro atoms. The molecule has 190 valence electrons. The summed E-state index contributed by atoms with van der Waals surface area (Å²) in [5.74, 6) is 0.757. The van der Waals surface area contributed by atoms with E-state index in [1.165, 1.54) is 12.1 Å². The second kappa shape index (κ2) is 11.8. The average Bonchev–Trinajstić information content (AvgIpc) is 2.89. The molecule has 36 heavy (non-hydrogen) atoms. The van der Waals surface area contributed by atoms with Crippen LogP contribution in [0.3, 0.4) is 0 Å². The smallest absolute Gasteiger partial charge is 0.255 e. The zero-order valence-electron chi connectivity index (χ0n) is 20.6. The van der Waals surface area contributed by atoms with Crippen LogP contribution in [0, 0.1) is 12.7 Å². The lowest BCUT2D eigenvalue weighted by molar-refractivity contribution is -0.121. The van der Waals surface area contributed by atoms with Gasteiger partial charge in [0.05, 0.1) is 26.4 Å². The van der Waals surface area contributed by atoms with E-state index in [-0.39, 0.29) is 36.2 Å². The van der Waals surface area contributed by atoms with Crippen LogP contribution in [0.25, 0.3) is 0 Å². The third kappa shape index (κ3) is 6.48. The van der Waals surface area contributed by atoms with Gasteiger partial charge >= 0.3 is 0 Å². The maximum Gasteiger partial charge on any atom is 0.255 e. The number of ether oxygens (including phenoxy) is 2. The Kier molecular flexibility index (Phi) is 8.32. The van der Waals surface area contributed by atoms with Gasteiger partial charge in [0.2, 0.25) is 11.9 Å². The molecule has 4 rings (SSSR count). The van der Waals surface area contributed by atoms with Crippen molar-refractivity contribution >= 4 is 11.9 Å². The van der Waals surface area contributed by atoms with Crippen molar-refractivity contribution in [3.05, 3.63) is 87.1 Å². The van der Waals surface area contributed by atoms with Crippen molar-refractivity contribution < 1.29 is 18.7 Å². The number of anilines is 1. The van der Waals surface area contributed by atoms with Gasteiger partial charge in [-0.05, 0) is 55.2 Å². The zero-order valence-corrected chi connectivity index (χ0v) is 20.6. The van der Waals surface area contributed by atoms with Crippen LogP contribution in [0.2, 0.25) is 0 Å². The van der Waals surface area contributed by atoms with Crippen LogP contribution in [0.1, 0.15) is 34.8 Å². The SMILES string of the molecule is COc1ccc(C(Cc2ccc(F)cc2)NC(=O)CCc2c(C)nc(N3CCOCC3)[nH]c2=O)cc1. The van der Waals surface area contributed by atoms with E-state index in [1.807, 2.05) is 29.2 Å². The minimum Gasteiger partial charge on any atom is -0.497 e. The number of aromatic amines is 1. The van der Waals surface area contributed by atoms with E-state index in [2.05, 4.69) is 15.3 Å². The van der Waals surface area contributed by atoms with Crippen molar-refractivity contribution in [2.45, 2.75) is 32.2 Å². The highest BCUT2D eigenvalue weighted by atomic mass is 19.1. The van der Waals surface area contributed by atoms with Crippen LogP contribution < -0.4 is 20.5 Å². The lowest BCUT2D eigenvalue weighted by Gasteiger charge is -2.27. The largest absolute Gasteiger partial charge is 0.497 e. The Morgan fingerprint density at radius 3 is 2.50 bits per heavy atom. The number of aromatic nitrogens is 2. The number of aryl methyl sites for hydroxylation is 1. The number of amides is 1. The summed E-state index contributed by atoms with van der Waals surface area (Å²) < 4.78 is 24.0. The lowest BCUT2D eigenvalue weighted by Crippen LogP contribution is -2.38. The van der Waals surface area contributed by atoms with Gasteiger partial charge in [-0.1, -0.05) is 24.3 Å². The number of H-pyrrole nitrogens is 1. The first-order chi connectivity index (χ1) is 17.4. The first-order valence-corrected chi connectivity index (χ1v) is 12.0. The van der Waals surface area contributed by atoms with Gasteiger partial charge in [0, 0.05) is 30.8 Å². The summed E-state index contributed by atoms with van der Waals surface area (Å²) in [4.78, 5) is 35.1. The molecule has 1 amide bonds. The van der Waals surface area contributed by atoms with Gasteiger partial charge in [0.15, 0.2) is 0 Å². The monoisotopic (exact) mass is 494 g/mol. The van der Waals surface area contributed by atoms with Crippen LogP contribution in [-0.2, 0) is 22.4 Å². The Hall–Kier alpha value is -3.72. The summed E-state index contributed by atoms with van der Waals surface area (Å²) in [6, 6.07) is 13.4. The number of benzene rings is 2. The summed E-state index contributed by atoms with van der Waals surface area (Å²) in [7, 11) is 1.60. The molecule has 3 aromatic rings. The molecule has 2 N–H and O–H groups in total. The molecule has 0 aliphatic carbocycles. The van der Waals surface area contributed by atoms with Crippen molar-refractivity contribution in [1.29, 1.82) is 0 Å². The first kappa shape index (κ1) is 25.4. The minimum atomic E-state index is -0.324. The second-order valence-electron chi connectivity index (χ2n) is 8.78. The summed E-state index contributed by atoms with van der Waals surface area (Å²) in [6.07, 6.45) is 0.904. The maximum absolute atomic E-state index is 13.4. The number of hydrogen-bond donors (Lipinski definition) is 2. The molecule has 1 unspecified atom stereocenters. The van der Waals surface area contributed by atoms with E-state index < -0.39 is 0 Å². The van der Waals surface area contributed by atoms with E-state index >= 15 is 0 Å². The maximum atomic E-state index is 13.4. The average molecular weight is 495 g/mol. The predicted octanol–water partition coefficient (Wildman–Crippen LogP) is 3.10.